The van der Waals surface area contributed by atoms with Crippen LogP contribution in [0, 0.1) is 0 Å². The van der Waals surface area contributed by atoms with Crippen molar-refractivity contribution in [1.82, 2.24) is 19.4 Å². The van der Waals surface area contributed by atoms with E-state index in [0.717, 1.165) is 9.13 Å². The average molecular weight is 366 g/mol. The highest BCUT2D eigenvalue weighted by atomic mass is 16.3. The standard InChI is InChI=1S/C19H18N4O4/c1-2-20-16(24)15-17(25)22(12-13-8-4-3-5-9-13)19(27)23(18(15)26)14-10-6-7-11-21-14/h3-11,26H,2,12H2,1H3,(H,20,24). The molecule has 0 saturated carbocycles. The number of carbonyl (C=O) groups excluding carboxylic acids is 1. The minimum absolute atomic E-state index is 0.0436. The number of pyridine rings is 1. The Kier molecular flexibility index (Phi) is 5.16. The first-order valence-corrected chi connectivity index (χ1v) is 8.37. The molecule has 1 amide bonds. The van der Waals surface area contributed by atoms with Crippen molar-refractivity contribution in [2.75, 3.05) is 6.54 Å². The molecule has 8 nitrogen and oxygen atoms in total. The molecule has 0 atom stereocenters. The zero-order valence-corrected chi connectivity index (χ0v) is 14.6. The van der Waals surface area contributed by atoms with Crippen molar-refractivity contribution in [3.05, 3.63) is 86.7 Å². The Hall–Kier alpha value is -3.68. The van der Waals surface area contributed by atoms with Gasteiger partial charge in [0.15, 0.2) is 5.56 Å². The molecule has 3 rings (SSSR count). The minimum atomic E-state index is -0.862. The number of nitrogens with one attached hydrogen (secondary N) is 1. The number of hydrogen-bond acceptors (Lipinski definition) is 5. The topological polar surface area (TPSA) is 106 Å². The van der Waals surface area contributed by atoms with Gasteiger partial charge in [-0.15, -0.1) is 0 Å². The molecule has 2 aromatic heterocycles. The second-order valence-electron chi connectivity index (χ2n) is 5.74. The first-order valence-electron chi connectivity index (χ1n) is 8.37. The van der Waals surface area contributed by atoms with Crippen LogP contribution in [0.5, 0.6) is 5.88 Å². The van der Waals surface area contributed by atoms with Crippen molar-refractivity contribution >= 4 is 5.91 Å². The summed E-state index contributed by atoms with van der Waals surface area (Å²) in [6, 6.07) is 13.7. The van der Waals surface area contributed by atoms with E-state index in [1.54, 1.807) is 43.3 Å². The highest BCUT2D eigenvalue weighted by Crippen LogP contribution is 2.15. The maximum Gasteiger partial charge on any atom is 0.340 e. The summed E-state index contributed by atoms with van der Waals surface area (Å²) >= 11 is 0. The quantitative estimate of drug-likeness (QED) is 0.698. The summed E-state index contributed by atoms with van der Waals surface area (Å²) in [5.74, 6) is -1.39. The van der Waals surface area contributed by atoms with Crippen LogP contribution in [0.3, 0.4) is 0 Å². The van der Waals surface area contributed by atoms with Crippen molar-refractivity contribution in [3.63, 3.8) is 0 Å². The van der Waals surface area contributed by atoms with Crippen molar-refractivity contribution in [2.24, 2.45) is 0 Å². The Morgan fingerprint density at radius 2 is 1.81 bits per heavy atom. The number of benzene rings is 1. The normalized spacial score (nSPS) is 10.6. The summed E-state index contributed by atoms with van der Waals surface area (Å²) in [4.78, 5) is 42.2. The molecule has 0 spiro atoms. The lowest BCUT2D eigenvalue weighted by atomic mass is 10.2. The zero-order valence-electron chi connectivity index (χ0n) is 14.6. The van der Waals surface area contributed by atoms with Gasteiger partial charge < -0.3 is 10.4 Å². The number of nitrogens with zero attached hydrogens (tertiary/aromatic N) is 3. The van der Waals surface area contributed by atoms with Crippen LogP contribution in [0.25, 0.3) is 5.82 Å². The third-order valence-electron chi connectivity index (χ3n) is 3.94. The fourth-order valence-electron chi connectivity index (χ4n) is 2.69. The molecule has 8 heteroatoms. The number of amides is 1. The Morgan fingerprint density at radius 3 is 2.44 bits per heavy atom. The number of aromatic nitrogens is 3. The predicted molar refractivity (Wildman–Crippen MR) is 99.3 cm³/mol. The molecule has 3 aromatic rings. The fraction of sp³-hybridized carbons (Fsp3) is 0.158. The molecule has 0 bridgehead atoms. The molecular formula is C19H18N4O4. The van der Waals surface area contributed by atoms with E-state index >= 15 is 0 Å². The lowest BCUT2D eigenvalue weighted by Gasteiger charge is -2.15. The third kappa shape index (κ3) is 3.50. The molecule has 2 N–H and O–H groups in total. The van der Waals surface area contributed by atoms with E-state index in [1.807, 2.05) is 6.07 Å². The molecule has 0 fully saturated rings. The second-order valence-corrected chi connectivity index (χ2v) is 5.74. The third-order valence-corrected chi connectivity index (χ3v) is 3.94. The van der Waals surface area contributed by atoms with E-state index in [9.17, 15) is 19.5 Å². The molecule has 138 valence electrons. The zero-order chi connectivity index (χ0) is 19.4. The summed E-state index contributed by atoms with van der Waals surface area (Å²) in [5, 5.41) is 13.0. The highest BCUT2D eigenvalue weighted by Gasteiger charge is 2.25. The Balaban J connectivity index is 2.29. The van der Waals surface area contributed by atoms with Gasteiger partial charge in [-0.25, -0.2) is 14.3 Å². The van der Waals surface area contributed by atoms with Gasteiger partial charge in [0.05, 0.1) is 6.54 Å². The van der Waals surface area contributed by atoms with Crippen LogP contribution in [-0.2, 0) is 6.54 Å². The number of hydrogen-bond donors (Lipinski definition) is 2. The largest absolute Gasteiger partial charge is 0.493 e. The van der Waals surface area contributed by atoms with Gasteiger partial charge in [-0.1, -0.05) is 36.4 Å². The molecule has 1 aromatic carbocycles. The van der Waals surface area contributed by atoms with Crippen LogP contribution < -0.4 is 16.6 Å². The lowest BCUT2D eigenvalue weighted by molar-refractivity contribution is 0.0949. The van der Waals surface area contributed by atoms with Crippen LogP contribution in [0.1, 0.15) is 22.8 Å². The molecule has 0 aliphatic heterocycles. The van der Waals surface area contributed by atoms with Crippen molar-refractivity contribution in [2.45, 2.75) is 13.5 Å². The summed E-state index contributed by atoms with van der Waals surface area (Å²) < 4.78 is 1.77. The SMILES string of the molecule is CCNC(=O)c1c(O)n(-c2ccccn2)c(=O)n(Cc2ccccc2)c1=O. The number of carbonyl (C=O) groups is 1. The average Bonchev–Trinajstić information content (AvgIpc) is 2.67. The van der Waals surface area contributed by atoms with Crippen molar-refractivity contribution in [3.8, 4) is 11.7 Å². The molecule has 0 saturated heterocycles. The summed E-state index contributed by atoms with van der Waals surface area (Å²) in [6.07, 6.45) is 1.44. The maximum atomic E-state index is 12.9. The van der Waals surface area contributed by atoms with Gasteiger partial charge in [-0.05, 0) is 24.6 Å². The molecule has 0 aliphatic rings. The monoisotopic (exact) mass is 366 g/mol. The predicted octanol–water partition coefficient (Wildman–Crippen LogP) is 0.898. The van der Waals surface area contributed by atoms with Gasteiger partial charge in [0.25, 0.3) is 11.5 Å². The highest BCUT2D eigenvalue weighted by molar-refractivity contribution is 5.96. The summed E-state index contributed by atoms with van der Waals surface area (Å²) in [6.45, 7) is 1.91. The van der Waals surface area contributed by atoms with E-state index in [4.69, 9.17) is 0 Å². The molecule has 0 radical (unpaired) electrons. The molecular weight excluding hydrogens is 348 g/mol. The van der Waals surface area contributed by atoms with Gasteiger partial charge in [-0.3, -0.25) is 14.2 Å². The van der Waals surface area contributed by atoms with Crippen LogP contribution >= 0.6 is 0 Å². The summed E-state index contributed by atoms with van der Waals surface area (Å²) in [7, 11) is 0. The van der Waals surface area contributed by atoms with E-state index in [2.05, 4.69) is 10.3 Å². The number of aromatic hydroxyl groups is 1. The van der Waals surface area contributed by atoms with Gasteiger partial charge in [0, 0.05) is 12.7 Å². The van der Waals surface area contributed by atoms with E-state index in [1.165, 1.54) is 12.3 Å². The van der Waals surface area contributed by atoms with E-state index in [0.29, 0.717) is 5.56 Å². The molecule has 27 heavy (non-hydrogen) atoms. The molecule has 0 unspecified atom stereocenters. The number of rotatable bonds is 5. The summed E-state index contributed by atoms with van der Waals surface area (Å²) in [5.41, 5.74) is -1.44. The van der Waals surface area contributed by atoms with Crippen molar-refractivity contribution < 1.29 is 9.90 Å². The lowest BCUT2D eigenvalue weighted by Crippen LogP contribution is -2.44. The fourth-order valence-corrected chi connectivity index (χ4v) is 2.69. The Bertz CT molecular complexity index is 1070. The minimum Gasteiger partial charge on any atom is -0.493 e. The van der Waals surface area contributed by atoms with Gasteiger partial charge in [0.1, 0.15) is 5.82 Å². The van der Waals surface area contributed by atoms with E-state index in [-0.39, 0.29) is 18.9 Å². The van der Waals surface area contributed by atoms with Gasteiger partial charge in [0.2, 0.25) is 5.88 Å². The maximum absolute atomic E-state index is 12.9. The van der Waals surface area contributed by atoms with Crippen LogP contribution in [0.15, 0.2) is 64.3 Å². The Morgan fingerprint density at radius 1 is 1.11 bits per heavy atom. The van der Waals surface area contributed by atoms with Gasteiger partial charge in [-0.2, -0.15) is 0 Å². The van der Waals surface area contributed by atoms with Crippen LogP contribution in [-0.4, -0.2) is 31.7 Å². The van der Waals surface area contributed by atoms with Crippen LogP contribution in [0.4, 0.5) is 0 Å². The smallest absolute Gasteiger partial charge is 0.340 e. The van der Waals surface area contributed by atoms with Crippen LogP contribution in [0.2, 0.25) is 0 Å². The Labute approximate surface area is 154 Å². The van der Waals surface area contributed by atoms with Gasteiger partial charge >= 0.3 is 5.69 Å². The second kappa shape index (κ2) is 7.69. The first-order chi connectivity index (χ1) is 13.0. The first kappa shape index (κ1) is 18.1. The molecule has 2 heterocycles. The van der Waals surface area contributed by atoms with Crippen molar-refractivity contribution in [1.29, 1.82) is 0 Å². The molecule has 0 aliphatic carbocycles. The van der Waals surface area contributed by atoms with E-state index < -0.39 is 28.6 Å².